The zero-order valence-electron chi connectivity index (χ0n) is 51.1. The molecule has 1 aliphatic rings. The summed E-state index contributed by atoms with van der Waals surface area (Å²) < 4.78 is 26.6. The van der Waals surface area contributed by atoms with Gasteiger partial charge >= 0.3 is 0 Å². The number of carbonyl (C=O) groups is 2. The van der Waals surface area contributed by atoms with Gasteiger partial charge in [0.05, 0.1) is 37.6 Å². The first-order chi connectivity index (χ1) is 38.9. The molecule has 7 nitrogen and oxygen atoms in total. The van der Waals surface area contributed by atoms with E-state index in [4.69, 9.17) is 18.9 Å². The number of benzene rings is 4. The van der Waals surface area contributed by atoms with E-state index in [0.29, 0.717) is 44.1 Å². The molecule has 0 aliphatic carbocycles. The molecule has 4 aromatic rings. The maximum absolute atomic E-state index is 14.1. The Hall–Kier alpha value is -4.52. The second-order valence-corrected chi connectivity index (χ2v) is 23.3. The van der Waals surface area contributed by atoms with Crippen LogP contribution in [0.1, 0.15) is 299 Å². The Balaban J connectivity index is 1.48. The predicted molar refractivity (Wildman–Crippen MR) is 336 cm³/mol. The minimum atomic E-state index is -0.184. The van der Waals surface area contributed by atoms with Crippen LogP contribution in [0.5, 0.6) is 23.0 Å². The number of fused-ring (bicyclic) bond motifs is 2. The van der Waals surface area contributed by atoms with Gasteiger partial charge in [0.15, 0.2) is 23.0 Å². The molecule has 0 saturated heterocycles. The highest BCUT2D eigenvalue weighted by Crippen LogP contribution is 2.43. The number of hydrogen-bond donors (Lipinski definition) is 0. The maximum Gasteiger partial charge on any atom is 0.261 e. The lowest BCUT2D eigenvalue weighted by Crippen LogP contribution is -2.30. The fourth-order valence-electron chi connectivity index (χ4n) is 11.3. The number of rotatable bonds is 49. The normalized spacial score (nSPS) is 12.3. The van der Waals surface area contributed by atoms with Crippen molar-refractivity contribution in [3.63, 3.8) is 0 Å². The SMILES string of the molecule is CCCCCCCCCCOc1ccc(-c2cc3cc4c(cc3cc2-c2ccc(OCCCCCCCCCC)c(OCCCCCCCCCC)c2)C(=O)N(CCCCCCCC)C4=O)cc1OCCCCCCCCCC. The number of carbonyl (C=O) groups excluding carboxylic acids is 2. The summed E-state index contributed by atoms with van der Waals surface area (Å²) in [4.78, 5) is 29.6. The zero-order chi connectivity index (χ0) is 56.0. The molecule has 1 heterocycles. The van der Waals surface area contributed by atoms with Crippen LogP contribution in [0.3, 0.4) is 0 Å². The fourth-order valence-corrected chi connectivity index (χ4v) is 11.3. The monoisotopic (exact) mass is 1090 g/mol. The summed E-state index contributed by atoms with van der Waals surface area (Å²) in [6.45, 7) is 14.4. The topological polar surface area (TPSA) is 74.3 Å². The van der Waals surface area contributed by atoms with Crippen LogP contribution in [0.2, 0.25) is 0 Å². The Bertz CT molecular complexity index is 2130. The summed E-state index contributed by atoms with van der Waals surface area (Å²) in [5.41, 5.74) is 5.03. The highest BCUT2D eigenvalue weighted by Gasteiger charge is 2.35. The molecule has 2 amide bonds. The van der Waals surface area contributed by atoms with E-state index in [1.54, 1.807) is 0 Å². The van der Waals surface area contributed by atoms with Crippen LogP contribution in [-0.2, 0) is 0 Å². The van der Waals surface area contributed by atoms with Gasteiger partial charge in [-0.2, -0.15) is 0 Å². The van der Waals surface area contributed by atoms with E-state index >= 15 is 0 Å². The third-order valence-corrected chi connectivity index (χ3v) is 16.3. The van der Waals surface area contributed by atoms with E-state index in [0.717, 1.165) is 114 Å². The van der Waals surface area contributed by atoms with Crippen LogP contribution >= 0.6 is 0 Å². The molecule has 0 aromatic heterocycles. The van der Waals surface area contributed by atoms with Crippen LogP contribution in [-0.4, -0.2) is 49.7 Å². The second kappa shape index (κ2) is 40.6. The summed E-state index contributed by atoms with van der Waals surface area (Å²) in [6.07, 6.45) is 46.4. The van der Waals surface area contributed by atoms with Gasteiger partial charge in [-0.1, -0.05) is 259 Å². The second-order valence-electron chi connectivity index (χ2n) is 23.3. The third-order valence-electron chi connectivity index (χ3n) is 16.3. The smallest absolute Gasteiger partial charge is 0.261 e. The standard InChI is InChI=1S/C72H111NO6/c1-6-11-16-21-26-30-35-40-49-76-67-46-44-59(57-69(67)78-51-42-37-32-28-23-18-13-8-3)63-53-61-55-65-66(72(75)73(71(65)74)48-39-34-25-20-15-10-5)56-62(61)54-64(63)60-45-47-68(77-50-41-36-31-27-22-17-12-7-2)70(58-60)79-52-43-38-33-29-24-19-14-9-4/h44-47,53-58H,6-43,48-52H2,1-5H3. The minimum Gasteiger partial charge on any atom is -0.490 e. The average Bonchev–Trinajstić information content (AvgIpc) is 3.92. The average molecular weight is 1090 g/mol. The molecule has 7 heteroatoms. The van der Waals surface area contributed by atoms with Crippen molar-refractivity contribution in [3.05, 3.63) is 71.8 Å². The molecule has 0 saturated carbocycles. The van der Waals surface area contributed by atoms with Crippen molar-refractivity contribution in [3.8, 4) is 45.3 Å². The lowest BCUT2D eigenvalue weighted by Gasteiger charge is -2.19. The molecule has 0 unspecified atom stereocenters. The number of unbranched alkanes of at least 4 members (excludes halogenated alkanes) is 33. The van der Waals surface area contributed by atoms with Gasteiger partial charge in [0.1, 0.15) is 0 Å². The molecule has 0 N–H and O–H groups in total. The number of imide groups is 1. The number of ether oxygens (including phenoxy) is 4. The van der Waals surface area contributed by atoms with E-state index in [2.05, 4.69) is 83.1 Å². The first-order valence-corrected chi connectivity index (χ1v) is 33.2. The van der Waals surface area contributed by atoms with E-state index in [-0.39, 0.29) is 11.8 Å². The van der Waals surface area contributed by atoms with Gasteiger partial charge < -0.3 is 18.9 Å². The van der Waals surface area contributed by atoms with Crippen molar-refractivity contribution in [1.82, 2.24) is 4.90 Å². The zero-order valence-corrected chi connectivity index (χ0v) is 51.1. The summed E-state index contributed by atoms with van der Waals surface area (Å²) in [5.74, 6) is 2.75. The maximum atomic E-state index is 14.1. The van der Waals surface area contributed by atoms with Gasteiger partial charge in [0.25, 0.3) is 11.8 Å². The van der Waals surface area contributed by atoms with Crippen molar-refractivity contribution in [2.75, 3.05) is 33.0 Å². The molecular formula is C72H111NO6. The quantitative estimate of drug-likeness (QED) is 0.0324. The molecule has 0 bridgehead atoms. The molecule has 0 radical (unpaired) electrons. The number of nitrogens with zero attached hydrogens (tertiary/aromatic N) is 1. The van der Waals surface area contributed by atoms with Gasteiger partial charge in [-0.25, -0.2) is 0 Å². The molecule has 0 atom stereocenters. The molecule has 0 spiro atoms. The van der Waals surface area contributed by atoms with Gasteiger partial charge in [-0.05, 0) is 114 Å². The van der Waals surface area contributed by atoms with Crippen molar-refractivity contribution in [2.24, 2.45) is 0 Å². The Morgan fingerprint density at radius 3 is 0.835 bits per heavy atom. The molecule has 440 valence electrons. The van der Waals surface area contributed by atoms with Crippen LogP contribution in [0.25, 0.3) is 33.0 Å². The van der Waals surface area contributed by atoms with Crippen LogP contribution < -0.4 is 18.9 Å². The van der Waals surface area contributed by atoms with Gasteiger partial charge in [0.2, 0.25) is 0 Å². The van der Waals surface area contributed by atoms with Gasteiger partial charge in [-0.3, -0.25) is 14.5 Å². The van der Waals surface area contributed by atoms with Crippen molar-refractivity contribution in [1.29, 1.82) is 0 Å². The van der Waals surface area contributed by atoms with E-state index in [1.165, 1.54) is 191 Å². The predicted octanol–water partition coefficient (Wildman–Crippen LogP) is 22.2. The lowest BCUT2D eigenvalue weighted by atomic mass is 9.90. The van der Waals surface area contributed by atoms with Crippen LogP contribution in [0.15, 0.2) is 60.7 Å². The third kappa shape index (κ3) is 23.8. The summed E-state index contributed by atoms with van der Waals surface area (Å²) in [6, 6.07) is 21.2. The number of amides is 2. The Morgan fingerprint density at radius 2 is 0.532 bits per heavy atom. The van der Waals surface area contributed by atoms with E-state index in [9.17, 15) is 9.59 Å². The molecule has 4 aromatic carbocycles. The lowest BCUT2D eigenvalue weighted by molar-refractivity contribution is 0.0651. The summed E-state index contributed by atoms with van der Waals surface area (Å²) >= 11 is 0. The van der Waals surface area contributed by atoms with Crippen molar-refractivity contribution >= 4 is 22.6 Å². The van der Waals surface area contributed by atoms with Crippen molar-refractivity contribution in [2.45, 2.75) is 279 Å². The molecule has 79 heavy (non-hydrogen) atoms. The molecule has 0 fully saturated rings. The van der Waals surface area contributed by atoms with E-state index in [1.807, 2.05) is 12.1 Å². The molecule has 5 rings (SSSR count). The van der Waals surface area contributed by atoms with Gasteiger partial charge in [-0.15, -0.1) is 0 Å². The van der Waals surface area contributed by atoms with Crippen LogP contribution in [0, 0.1) is 0 Å². The fraction of sp³-hybridized carbons (Fsp3) is 0.667. The molecule has 1 aliphatic heterocycles. The largest absolute Gasteiger partial charge is 0.490 e. The Labute approximate surface area is 482 Å². The first-order valence-electron chi connectivity index (χ1n) is 33.2. The van der Waals surface area contributed by atoms with Crippen LogP contribution in [0.4, 0.5) is 0 Å². The minimum absolute atomic E-state index is 0.184. The van der Waals surface area contributed by atoms with Gasteiger partial charge in [0, 0.05) is 6.54 Å². The summed E-state index contributed by atoms with van der Waals surface area (Å²) in [7, 11) is 0. The van der Waals surface area contributed by atoms with Crippen molar-refractivity contribution < 1.29 is 28.5 Å². The Morgan fingerprint density at radius 1 is 0.278 bits per heavy atom. The molecular weight excluding hydrogens is 975 g/mol. The van der Waals surface area contributed by atoms with E-state index < -0.39 is 0 Å². The highest BCUT2D eigenvalue weighted by atomic mass is 16.5. The summed E-state index contributed by atoms with van der Waals surface area (Å²) in [5, 5.41) is 1.85. The number of hydrogen-bond acceptors (Lipinski definition) is 6. The highest BCUT2D eigenvalue weighted by molar-refractivity contribution is 6.23. The Kier molecular flexibility index (Phi) is 33.6. The first kappa shape index (κ1) is 65.3.